The molecule has 3 nitrogen and oxygen atoms in total. The molecule has 15 heavy (non-hydrogen) atoms. The van der Waals surface area contributed by atoms with E-state index in [4.69, 9.17) is 10.2 Å². The predicted molar refractivity (Wildman–Crippen MR) is 65.8 cm³/mol. The quantitative estimate of drug-likeness (QED) is 0.869. The van der Waals surface area contributed by atoms with Crippen LogP contribution in [0, 0.1) is 9.49 Å². The van der Waals surface area contributed by atoms with Crippen LogP contribution in [0.4, 0.5) is 0 Å². The van der Waals surface area contributed by atoms with Crippen molar-refractivity contribution in [3.63, 3.8) is 0 Å². The van der Waals surface area contributed by atoms with Gasteiger partial charge >= 0.3 is 0 Å². The summed E-state index contributed by atoms with van der Waals surface area (Å²) in [6, 6.07) is 0.545. The highest BCUT2D eigenvalue weighted by atomic mass is 127. The first-order chi connectivity index (χ1) is 7.28. The number of aliphatic hydroxyl groups is 1. The summed E-state index contributed by atoms with van der Waals surface area (Å²) in [5.41, 5.74) is 1.31. The summed E-state index contributed by atoms with van der Waals surface area (Å²) in [5, 5.41) is 13.7. The molecular weight excluding hydrogens is 303 g/mol. The molecule has 0 bridgehead atoms. The summed E-state index contributed by atoms with van der Waals surface area (Å²) >= 11 is 2.39. The molecule has 1 aromatic rings. The third-order valence-electron chi connectivity index (χ3n) is 3.52. The Morgan fingerprint density at radius 2 is 2.20 bits per heavy atom. The van der Waals surface area contributed by atoms with Gasteiger partial charge in [0.1, 0.15) is 0 Å². The van der Waals surface area contributed by atoms with Crippen molar-refractivity contribution in [3.05, 3.63) is 15.5 Å². The summed E-state index contributed by atoms with van der Waals surface area (Å²) in [5.74, 6) is 1.26. The van der Waals surface area contributed by atoms with Crippen molar-refractivity contribution in [1.82, 2.24) is 9.78 Å². The largest absolute Gasteiger partial charge is 0.396 e. The molecule has 2 aliphatic rings. The molecule has 2 saturated carbocycles. The summed E-state index contributed by atoms with van der Waals surface area (Å²) in [7, 11) is 0. The van der Waals surface area contributed by atoms with Gasteiger partial charge in [0.2, 0.25) is 0 Å². The van der Waals surface area contributed by atoms with Crippen molar-refractivity contribution in [2.75, 3.05) is 6.61 Å². The van der Waals surface area contributed by atoms with Gasteiger partial charge in [-0.25, -0.2) is 0 Å². The van der Waals surface area contributed by atoms with Gasteiger partial charge in [0, 0.05) is 18.7 Å². The maximum absolute atomic E-state index is 8.98. The fourth-order valence-corrected chi connectivity index (χ4v) is 3.10. The fraction of sp³-hybridized carbons (Fsp3) is 0.727. The van der Waals surface area contributed by atoms with Gasteiger partial charge in [-0.2, -0.15) is 5.10 Å². The zero-order valence-corrected chi connectivity index (χ0v) is 10.7. The highest BCUT2D eigenvalue weighted by molar-refractivity contribution is 14.1. The minimum absolute atomic E-state index is 0.338. The van der Waals surface area contributed by atoms with Crippen molar-refractivity contribution in [2.45, 2.75) is 37.6 Å². The van der Waals surface area contributed by atoms with E-state index in [1.165, 1.54) is 22.1 Å². The Labute approximate surface area is 103 Å². The second kappa shape index (κ2) is 3.73. The molecule has 0 amide bonds. The molecule has 0 unspecified atom stereocenters. The molecule has 1 heterocycles. The average Bonchev–Trinajstić information content (AvgIpc) is 2.90. The first kappa shape index (κ1) is 10.1. The molecule has 2 fully saturated rings. The van der Waals surface area contributed by atoms with Crippen LogP contribution in [0.3, 0.4) is 0 Å². The molecule has 1 aromatic heterocycles. The number of aromatic nitrogens is 2. The van der Waals surface area contributed by atoms with Gasteiger partial charge in [0.05, 0.1) is 15.3 Å². The maximum atomic E-state index is 8.98. The minimum atomic E-state index is 0.338. The van der Waals surface area contributed by atoms with E-state index in [0.29, 0.717) is 18.6 Å². The lowest BCUT2D eigenvalue weighted by molar-refractivity contribution is 0.105. The van der Waals surface area contributed by atoms with Gasteiger partial charge in [0.25, 0.3) is 0 Å². The monoisotopic (exact) mass is 318 g/mol. The lowest BCUT2D eigenvalue weighted by Crippen LogP contribution is -2.29. The molecule has 0 saturated heterocycles. The molecule has 0 aromatic carbocycles. The van der Waals surface area contributed by atoms with Crippen molar-refractivity contribution >= 4 is 22.6 Å². The van der Waals surface area contributed by atoms with E-state index in [1.807, 2.05) is 0 Å². The Morgan fingerprint density at radius 3 is 2.80 bits per heavy atom. The van der Waals surface area contributed by atoms with Crippen LogP contribution in [0.1, 0.15) is 43.3 Å². The molecule has 2 aliphatic carbocycles. The van der Waals surface area contributed by atoms with Gasteiger partial charge < -0.3 is 5.11 Å². The van der Waals surface area contributed by atoms with Crippen LogP contribution >= 0.6 is 22.6 Å². The van der Waals surface area contributed by atoms with Crippen molar-refractivity contribution < 1.29 is 5.11 Å². The molecular formula is C11H15IN2O. The van der Waals surface area contributed by atoms with Gasteiger partial charge in [0.15, 0.2) is 0 Å². The number of hydrogen-bond donors (Lipinski definition) is 1. The Bertz CT molecular complexity index is 367. The normalized spacial score (nSPS) is 30.3. The molecule has 4 heteroatoms. The second-order valence-electron chi connectivity index (χ2n) is 4.79. The molecule has 0 spiro atoms. The maximum Gasteiger partial charge on any atom is 0.0788 e. The van der Waals surface area contributed by atoms with Crippen LogP contribution in [0.2, 0.25) is 0 Å². The van der Waals surface area contributed by atoms with E-state index >= 15 is 0 Å². The number of halogens is 1. The van der Waals surface area contributed by atoms with Crippen LogP contribution in [0.15, 0.2) is 6.20 Å². The molecule has 1 N–H and O–H groups in total. The zero-order valence-electron chi connectivity index (χ0n) is 8.56. The van der Waals surface area contributed by atoms with E-state index in [9.17, 15) is 0 Å². The van der Waals surface area contributed by atoms with Gasteiger partial charge in [-0.3, -0.25) is 4.68 Å². The Hall–Kier alpha value is -0.100. The lowest BCUT2D eigenvalue weighted by Gasteiger charge is -2.34. The van der Waals surface area contributed by atoms with Crippen LogP contribution in [0.5, 0.6) is 0 Å². The van der Waals surface area contributed by atoms with Crippen LogP contribution in [-0.2, 0) is 0 Å². The first-order valence-electron chi connectivity index (χ1n) is 5.63. The van der Waals surface area contributed by atoms with E-state index in [1.54, 1.807) is 0 Å². The number of hydrogen-bond acceptors (Lipinski definition) is 2. The number of aliphatic hydroxyl groups excluding tert-OH is 1. The molecule has 0 radical (unpaired) electrons. The van der Waals surface area contributed by atoms with Crippen LogP contribution in [-0.4, -0.2) is 21.5 Å². The predicted octanol–water partition coefficient (Wildman–Crippen LogP) is 2.31. The topological polar surface area (TPSA) is 38.0 Å². The summed E-state index contributed by atoms with van der Waals surface area (Å²) in [6.07, 6.45) is 7.00. The van der Waals surface area contributed by atoms with Gasteiger partial charge in [-0.05, 0) is 54.2 Å². The molecule has 0 aliphatic heterocycles. The van der Waals surface area contributed by atoms with Crippen LogP contribution < -0.4 is 0 Å². The van der Waals surface area contributed by atoms with Gasteiger partial charge in [-0.15, -0.1) is 0 Å². The Balaban J connectivity index is 1.73. The highest BCUT2D eigenvalue weighted by Gasteiger charge is 2.33. The SMILES string of the molecule is OC[C@H]1C[C@H](n2cc(I)c(C3CC3)n2)C1. The smallest absolute Gasteiger partial charge is 0.0788 e. The minimum Gasteiger partial charge on any atom is -0.396 e. The second-order valence-corrected chi connectivity index (χ2v) is 5.95. The van der Waals surface area contributed by atoms with Gasteiger partial charge in [-0.1, -0.05) is 0 Å². The van der Waals surface area contributed by atoms with E-state index in [-0.39, 0.29) is 0 Å². The average molecular weight is 318 g/mol. The zero-order chi connectivity index (χ0) is 10.4. The van der Waals surface area contributed by atoms with Crippen molar-refractivity contribution in [2.24, 2.45) is 5.92 Å². The molecule has 82 valence electrons. The third kappa shape index (κ3) is 1.82. The van der Waals surface area contributed by atoms with Crippen LogP contribution in [0.25, 0.3) is 0 Å². The van der Waals surface area contributed by atoms with Crippen molar-refractivity contribution in [1.29, 1.82) is 0 Å². The highest BCUT2D eigenvalue weighted by Crippen LogP contribution is 2.43. The Kier molecular flexibility index (Phi) is 2.51. The van der Waals surface area contributed by atoms with E-state index in [2.05, 4.69) is 33.5 Å². The Morgan fingerprint density at radius 1 is 1.47 bits per heavy atom. The first-order valence-corrected chi connectivity index (χ1v) is 6.71. The summed E-state index contributed by atoms with van der Waals surface area (Å²) < 4.78 is 3.45. The number of nitrogens with zero attached hydrogens (tertiary/aromatic N) is 2. The van der Waals surface area contributed by atoms with E-state index < -0.39 is 0 Å². The fourth-order valence-electron chi connectivity index (χ4n) is 2.27. The molecule has 3 rings (SSSR count). The van der Waals surface area contributed by atoms with Crippen molar-refractivity contribution in [3.8, 4) is 0 Å². The lowest BCUT2D eigenvalue weighted by atomic mass is 9.81. The third-order valence-corrected chi connectivity index (χ3v) is 4.35. The summed E-state index contributed by atoms with van der Waals surface area (Å²) in [6.45, 7) is 0.338. The standard InChI is InChI=1S/C11H15IN2O/c12-10-5-14(9-3-7(4-9)6-15)13-11(10)8-1-2-8/h5,7-9,15H,1-4,6H2/t7-,9-. The molecule has 0 atom stereocenters. The van der Waals surface area contributed by atoms with E-state index in [0.717, 1.165) is 18.8 Å². The summed E-state index contributed by atoms with van der Waals surface area (Å²) in [4.78, 5) is 0. The number of rotatable bonds is 3.